The van der Waals surface area contributed by atoms with Crippen molar-refractivity contribution < 1.29 is 65.7 Å². The molecule has 12 atom stereocenters. The van der Waals surface area contributed by atoms with Gasteiger partial charge in [-0.05, 0) is 23.7 Å². The van der Waals surface area contributed by atoms with E-state index < -0.39 is 61.5 Å². The molecule has 35 heavy (non-hydrogen) atoms. The Kier molecular flexibility index (Phi) is 10.2. The highest BCUT2D eigenvalue weighted by atomic mass is 31.2. The highest BCUT2D eigenvalue weighted by Crippen LogP contribution is 2.51. The summed E-state index contributed by atoms with van der Waals surface area (Å²) in [5, 5.41) is 0. The van der Waals surface area contributed by atoms with Crippen LogP contribution in [0.25, 0.3) is 0 Å². The van der Waals surface area contributed by atoms with Gasteiger partial charge in [-0.25, -0.2) is 13.7 Å². The molecule has 0 aromatic carbocycles. The number of hydrogen-bond donors (Lipinski definition) is 5. The van der Waals surface area contributed by atoms with Crippen LogP contribution in [-0.2, 0) is 41.3 Å². The first-order valence-electron chi connectivity index (χ1n) is 11.6. The third-order valence-corrected chi connectivity index (χ3v) is 9.16. The fourth-order valence-electron chi connectivity index (χ4n) is 4.23. The van der Waals surface area contributed by atoms with E-state index in [1.165, 1.54) is 0 Å². The van der Waals surface area contributed by atoms with Gasteiger partial charge in [0.25, 0.3) is 0 Å². The summed E-state index contributed by atoms with van der Waals surface area (Å²) in [5.41, 5.74) is 0. The van der Waals surface area contributed by atoms with Crippen LogP contribution in [0.15, 0.2) is 0 Å². The molecule has 2 saturated heterocycles. The molecular weight excluding hydrogens is 533 g/mol. The summed E-state index contributed by atoms with van der Waals surface area (Å²) in [4.78, 5) is 41.5. The molecule has 0 aromatic rings. The van der Waals surface area contributed by atoms with Gasteiger partial charge in [-0.3, -0.25) is 18.1 Å². The second kappa shape index (κ2) is 12.0. The van der Waals surface area contributed by atoms with Gasteiger partial charge in [0.05, 0.1) is 25.4 Å². The van der Waals surface area contributed by atoms with E-state index >= 15 is 0 Å². The lowest BCUT2D eigenvalue weighted by molar-refractivity contribution is -0.233. The third kappa shape index (κ3) is 9.19. The fraction of sp³-hybridized carbons (Fsp3) is 1.00. The minimum Gasteiger partial charge on any atom is -0.346 e. The van der Waals surface area contributed by atoms with E-state index in [-0.39, 0.29) is 35.5 Å². The van der Waals surface area contributed by atoms with Gasteiger partial charge in [-0.1, -0.05) is 41.5 Å². The van der Waals surface area contributed by atoms with Gasteiger partial charge >= 0.3 is 23.5 Å². The molecule has 0 saturated carbocycles. The molecule has 17 heteroatoms. The predicted octanol–water partition coefficient (Wildman–Crippen LogP) is 2.61. The fourth-order valence-corrected chi connectivity index (χ4v) is 5.97. The number of hydrogen-bond acceptors (Lipinski definition) is 10. The summed E-state index contributed by atoms with van der Waals surface area (Å²) < 4.78 is 73.4. The average molecular weight is 572 g/mol. The minimum absolute atomic E-state index is 0.121. The molecular formula is C18H37O14P3. The summed E-state index contributed by atoms with van der Waals surface area (Å²) >= 11 is 0. The minimum atomic E-state index is -4.74. The monoisotopic (exact) mass is 572 g/mol. The lowest BCUT2D eigenvalue weighted by Gasteiger charge is -2.44. The molecule has 2 rings (SSSR count). The molecule has 2 aliphatic rings. The van der Waals surface area contributed by atoms with Gasteiger partial charge in [0.2, 0.25) is 1.43 Å². The maximum atomic E-state index is 12.8. The van der Waals surface area contributed by atoms with E-state index in [1.54, 1.807) is 20.8 Å². The Balaban J connectivity index is 2.04. The van der Waals surface area contributed by atoms with Crippen LogP contribution in [-0.4, -0.2) is 63.9 Å². The van der Waals surface area contributed by atoms with Crippen molar-refractivity contribution in [3.8, 4) is 0 Å². The van der Waals surface area contributed by atoms with Crippen LogP contribution in [0.3, 0.4) is 0 Å². The Morgan fingerprint density at radius 1 is 0.657 bits per heavy atom. The quantitative estimate of drug-likeness (QED) is 0.226. The van der Waals surface area contributed by atoms with E-state index in [1.807, 2.05) is 20.8 Å². The maximum absolute atomic E-state index is 12.8. The Labute approximate surface area is 206 Å². The molecule has 0 aromatic heterocycles. The van der Waals surface area contributed by atoms with Gasteiger partial charge in [0.15, 0.2) is 12.6 Å². The first kappa shape index (κ1) is 29.8. The molecule has 0 bridgehead atoms. The van der Waals surface area contributed by atoms with Crippen molar-refractivity contribution in [3.05, 3.63) is 0 Å². The highest BCUT2D eigenvalue weighted by molar-refractivity contribution is 7.47. The van der Waals surface area contributed by atoms with Crippen LogP contribution in [0.4, 0.5) is 0 Å². The van der Waals surface area contributed by atoms with Gasteiger partial charge in [-0.2, -0.15) is 0 Å². The number of ether oxygens (including phenoxy) is 2. The van der Waals surface area contributed by atoms with Crippen LogP contribution >= 0.6 is 23.5 Å². The van der Waals surface area contributed by atoms with E-state index in [0.717, 1.165) is 0 Å². The summed E-state index contributed by atoms with van der Waals surface area (Å²) in [6.07, 6.45) is -4.11. The van der Waals surface area contributed by atoms with Crippen molar-refractivity contribution in [1.82, 2.24) is 0 Å². The smallest absolute Gasteiger partial charge is 0.346 e. The second-order valence-electron chi connectivity index (χ2n) is 9.47. The molecule has 12 unspecified atom stereocenters. The van der Waals surface area contributed by atoms with Gasteiger partial charge in [0.1, 0.15) is 0 Å². The Hall–Kier alpha value is 0.250. The Bertz CT molecular complexity index is 872. The molecule has 2 heterocycles. The van der Waals surface area contributed by atoms with Crippen molar-refractivity contribution in [1.29, 1.82) is 1.43 Å². The number of rotatable bonds is 11. The van der Waals surface area contributed by atoms with Gasteiger partial charge < -0.3 is 33.9 Å². The van der Waals surface area contributed by atoms with E-state index in [0.29, 0.717) is 0 Å². The normalized spacial score (nSPS) is 42.6. The topological polar surface area (TPSA) is 208 Å². The first-order valence-corrected chi connectivity index (χ1v) is 15.7. The predicted molar refractivity (Wildman–Crippen MR) is 120 cm³/mol. The third-order valence-electron chi connectivity index (χ3n) is 7.25. The lowest BCUT2D eigenvalue weighted by atomic mass is 9.79. The first-order chi connectivity index (χ1) is 16.4. The second-order valence-corrected chi connectivity index (χ2v) is 13.3. The number of phosphoric acid groups is 3. The molecule has 5 N–H and O–H groups in total. The summed E-state index contributed by atoms with van der Waals surface area (Å²) in [6, 6.07) is 0. The SMILES string of the molecule is [3H]OP(=O)(O)OC1OC(COP(=O)(O)OC2OC(COP(=O)(O)O)C(C)C(C)C2C)C(C)C(C)C1C. The zero-order valence-electron chi connectivity index (χ0n) is 21.4. The molecule has 2 aliphatic heterocycles. The van der Waals surface area contributed by atoms with Crippen LogP contribution in [0.1, 0.15) is 41.5 Å². The van der Waals surface area contributed by atoms with Crippen LogP contribution in [0.2, 0.25) is 0 Å². The standard InChI is InChI=1S/C18H37O14P3/c1-9-12(4)16(29-17(13(9)5)31-34(22,23)24)8-28-35(25,26)32-18-14(6)10(2)11(3)15(30-18)7-27-33(19,20)21/h9-18H,7-8H2,1-6H3,(H,25,26)(H2,19,20,21)(H2,22,23,24)/i/hT. The summed E-state index contributed by atoms with van der Waals surface area (Å²) in [7, 11) is -14.1. The highest BCUT2D eigenvalue weighted by Gasteiger charge is 2.46. The zero-order valence-corrected chi connectivity index (χ0v) is 23.1. The molecule has 2 fully saturated rings. The van der Waals surface area contributed by atoms with Gasteiger partial charge in [0, 0.05) is 11.8 Å². The Morgan fingerprint density at radius 2 is 1.09 bits per heavy atom. The van der Waals surface area contributed by atoms with E-state index in [9.17, 15) is 23.5 Å². The molecule has 0 aliphatic carbocycles. The molecule has 0 spiro atoms. The number of phosphoric ester groups is 3. The average Bonchev–Trinajstić information content (AvgIpc) is 2.77. The maximum Gasteiger partial charge on any atom is 0.474 e. The lowest BCUT2D eigenvalue weighted by Crippen LogP contribution is -2.48. The van der Waals surface area contributed by atoms with Crippen molar-refractivity contribution in [3.63, 3.8) is 0 Å². The largest absolute Gasteiger partial charge is 0.474 e. The summed E-state index contributed by atoms with van der Waals surface area (Å²) in [5.74, 6) is -1.39. The van der Waals surface area contributed by atoms with Crippen molar-refractivity contribution in [2.75, 3.05) is 13.2 Å². The van der Waals surface area contributed by atoms with E-state index in [2.05, 4.69) is 9.42 Å². The van der Waals surface area contributed by atoms with Gasteiger partial charge in [-0.15, -0.1) is 0 Å². The molecule has 14 nitrogen and oxygen atoms in total. The molecule has 0 amide bonds. The van der Waals surface area contributed by atoms with Crippen LogP contribution in [0, 0.1) is 35.5 Å². The van der Waals surface area contributed by atoms with Crippen molar-refractivity contribution in [2.45, 2.75) is 66.3 Å². The molecule has 208 valence electrons. The zero-order chi connectivity index (χ0) is 27.6. The van der Waals surface area contributed by atoms with Crippen molar-refractivity contribution in [2.24, 2.45) is 35.5 Å². The van der Waals surface area contributed by atoms with E-state index in [4.69, 9.17) is 34.3 Å². The Morgan fingerprint density at radius 3 is 1.51 bits per heavy atom. The molecule has 0 radical (unpaired) electrons. The van der Waals surface area contributed by atoms with Crippen LogP contribution < -0.4 is 0 Å². The summed E-state index contributed by atoms with van der Waals surface area (Å²) in [6.45, 7) is 9.91. The van der Waals surface area contributed by atoms with Crippen LogP contribution in [0.5, 0.6) is 0 Å². The van der Waals surface area contributed by atoms with Crippen molar-refractivity contribution >= 4 is 23.5 Å².